The van der Waals surface area contributed by atoms with Crippen molar-refractivity contribution in [3.8, 4) is 0 Å². The number of nitrogens with one attached hydrogen (secondary N) is 6. The monoisotopic (exact) mass is 1980 g/mol. The maximum Gasteiger partial charge on any atom is 0.472 e. The van der Waals surface area contributed by atoms with Crippen LogP contribution in [0.25, 0.3) is 0 Å². The number of carbonyl (C=O) groups excluding carboxylic acids is 19. The summed E-state index contributed by atoms with van der Waals surface area (Å²) in [5.41, 5.74) is 0. The van der Waals surface area contributed by atoms with Crippen molar-refractivity contribution < 1.29 is 159 Å². The average molecular weight is 1980 g/mol. The molecule has 0 aromatic heterocycles. The molecule has 778 valence electrons. The van der Waals surface area contributed by atoms with E-state index in [0.717, 1.165) is 81.9 Å². The lowest BCUT2D eigenvalue weighted by Gasteiger charge is -2.21. The van der Waals surface area contributed by atoms with E-state index in [1.807, 2.05) is 0 Å². The molecule has 1 fully saturated rings. The van der Waals surface area contributed by atoms with E-state index >= 15 is 0 Å². The zero-order chi connectivity index (χ0) is 103. The third-order valence-corrected chi connectivity index (χ3v) is 22.3. The van der Waals surface area contributed by atoms with Crippen molar-refractivity contribution in [3.63, 3.8) is 0 Å². The molecule has 138 heavy (non-hydrogen) atoms. The molecule has 0 bridgehead atoms. The van der Waals surface area contributed by atoms with E-state index in [0.29, 0.717) is 32.4 Å². The Labute approximate surface area is 806 Å². The first kappa shape index (κ1) is 125. The number of unbranched alkanes of at least 4 members (excludes halogenated alkanes) is 23. The number of phosphoric ester groups is 1. The molecule has 0 aromatic carbocycles. The maximum atomic E-state index is 13.1. The molecular formula is C93H148N11O33P. The summed E-state index contributed by atoms with van der Waals surface area (Å²) >= 11 is 0. The normalized spacial score (nSPS) is 12.4. The molecule has 1 aliphatic rings. The minimum Gasteiger partial charge on any atom is -0.480 e. The number of phosphoric acid groups is 1. The summed E-state index contributed by atoms with van der Waals surface area (Å²) in [5, 5.41) is 51.4. The number of imide groups is 1. The van der Waals surface area contributed by atoms with Crippen LogP contribution in [0.15, 0.2) is 24.3 Å². The first-order valence-corrected chi connectivity index (χ1v) is 49.6. The second-order valence-electron chi connectivity index (χ2n) is 33.6. The van der Waals surface area contributed by atoms with E-state index in [9.17, 15) is 140 Å². The molecule has 0 radical (unpaired) electrons. The molecule has 11 N–H and O–H groups in total. The fourth-order valence-corrected chi connectivity index (χ4v) is 14.4. The Morgan fingerprint density at radius 3 is 1.14 bits per heavy atom. The molecular weight excluding hydrogens is 1830 g/mol. The number of nitrogens with zero attached hydrogens (tertiary/aromatic N) is 5. The summed E-state index contributed by atoms with van der Waals surface area (Å²) in [6.07, 6.45) is 31.6. The smallest absolute Gasteiger partial charge is 0.472 e. The lowest BCUT2D eigenvalue weighted by molar-refractivity contribution is -0.161. The molecule has 0 saturated carbocycles. The van der Waals surface area contributed by atoms with Gasteiger partial charge in [0.2, 0.25) is 70.9 Å². The van der Waals surface area contributed by atoms with Gasteiger partial charge in [0.25, 0.3) is 0 Å². The molecule has 0 aliphatic carbocycles. The highest BCUT2D eigenvalue weighted by Gasteiger charge is 2.32. The number of amides is 12. The number of ether oxygens (including phenoxy) is 2. The van der Waals surface area contributed by atoms with Crippen molar-refractivity contribution in [1.82, 2.24) is 56.4 Å². The van der Waals surface area contributed by atoms with Gasteiger partial charge >= 0.3 is 43.6 Å². The van der Waals surface area contributed by atoms with Gasteiger partial charge < -0.3 is 86.3 Å². The van der Waals surface area contributed by atoms with Crippen molar-refractivity contribution in [2.24, 2.45) is 0 Å². The molecule has 0 spiro atoms. The summed E-state index contributed by atoms with van der Waals surface area (Å²) in [6.45, 7) is -8.28. The number of ketones is 5. The first-order chi connectivity index (χ1) is 65.8. The van der Waals surface area contributed by atoms with Gasteiger partial charge in [0.1, 0.15) is 51.7 Å². The SMILES string of the molecule is CCCCCCCC/C=C/CCCCCCCC(=O)OCC(COP(=O)(O)OCCNC(=O)CCCCC(=O)CCC(=O)NCC(=O)N(CC(=O)O)CC(=O)NCC(=O)CCC(=O)N(CC(=O)O)CC(=O)CCCNC(=O)CN(CC(=O)O)C(=O)CNC(=O)CCC(=O)CN(CC(=O)O)C(=O)CCC(=O)CNC(=O)CCN1C(=O)CCC1=O)OC(=O)CCCCCCC/C=C/CCCCCCCC. The fraction of sp³-hybridized carbons (Fsp3) is 0.710. The van der Waals surface area contributed by atoms with Gasteiger partial charge in [-0.15, -0.1) is 0 Å². The molecule has 2 unspecified atom stereocenters. The minimum absolute atomic E-state index is 0.0228. The average Bonchev–Trinajstić information content (AvgIpc) is 1.73. The summed E-state index contributed by atoms with van der Waals surface area (Å²) in [6, 6.07) is 0. The van der Waals surface area contributed by atoms with Crippen LogP contribution in [0.3, 0.4) is 0 Å². The molecule has 2 atom stereocenters. The first-order valence-electron chi connectivity index (χ1n) is 48.1. The van der Waals surface area contributed by atoms with E-state index in [-0.39, 0.29) is 102 Å². The van der Waals surface area contributed by atoms with Crippen molar-refractivity contribution in [1.29, 1.82) is 0 Å². The van der Waals surface area contributed by atoms with Gasteiger partial charge in [-0.05, 0) is 83.5 Å². The second-order valence-corrected chi connectivity index (χ2v) is 35.1. The lowest BCUT2D eigenvalue weighted by atomic mass is 10.1. The number of hydrogen-bond acceptors (Lipinski definition) is 28. The Hall–Kier alpha value is -11.4. The van der Waals surface area contributed by atoms with Gasteiger partial charge in [-0.25, -0.2) is 4.57 Å². The number of carboxylic acid groups (broad SMARTS) is 4. The van der Waals surface area contributed by atoms with Gasteiger partial charge in [0.15, 0.2) is 29.2 Å². The topological polar surface area (TPSA) is 636 Å². The van der Waals surface area contributed by atoms with Crippen molar-refractivity contribution in [2.45, 2.75) is 309 Å². The van der Waals surface area contributed by atoms with E-state index in [1.165, 1.54) is 77.0 Å². The third kappa shape index (κ3) is 69.4. The zero-order valence-corrected chi connectivity index (χ0v) is 81.2. The van der Waals surface area contributed by atoms with Crippen LogP contribution in [0.4, 0.5) is 0 Å². The van der Waals surface area contributed by atoms with E-state index < -0.39 is 287 Å². The van der Waals surface area contributed by atoms with E-state index in [4.69, 9.17) is 18.5 Å². The fourth-order valence-electron chi connectivity index (χ4n) is 13.6. The number of aliphatic carboxylic acids is 4. The Kier molecular flexibility index (Phi) is 70.0. The number of carboxylic acids is 4. The molecule has 44 nitrogen and oxygen atoms in total. The van der Waals surface area contributed by atoms with E-state index in [2.05, 4.69) is 70.1 Å². The van der Waals surface area contributed by atoms with Gasteiger partial charge in [0.05, 0.1) is 52.5 Å². The van der Waals surface area contributed by atoms with Crippen molar-refractivity contribution in [2.75, 3.05) is 118 Å². The zero-order valence-electron chi connectivity index (χ0n) is 80.3. The lowest BCUT2D eigenvalue weighted by Crippen LogP contribution is -2.47. The quantitative estimate of drug-likeness (QED) is 0.0112. The van der Waals surface area contributed by atoms with Crippen LogP contribution < -0.4 is 31.9 Å². The Morgan fingerprint density at radius 1 is 0.333 bits per heavy atom. The van der Waals surface area contributed by atoms with Crippen LogP contribution in [0, 0.1) is 0 Å². The van der Waals surface area contributed by atoms with Crippen molar-refractivity contribution >= 4 is 143 Å². The third-order valence-electron chi connectivity index (χ3n) is 21.4. The Bertz CT molecular complexity index is 4010. The number of esters is 2. The van der Waals surface area contributed by atoms with Gasteiger partial charge in [-0.1, -0.05) is 141 Å². The molecule has 1 rings (SSSR count). The largest absolute Gasteiger partial charge is 0.480 e. The number of allylic oxidation sites excluding steroid dienone is 4. The predicted molar refractivity (Wildman–Crippen MR) is 497 cm³/mol. The summed E-state index contributed by atoms with van der Waals surface area (Å²) < 4.78 is 34.1. The number of carbonyl (C=O) groups is 23. The molecule has 0 aromatic rings. The summed E-state index contributed by atoms with van der Waals surface area (Å²) in [4.78, 5) is 300. The van der Waals surface area contributed by atoms with Crippen LogP contribution in [0.2, 0.25) is 0 Å². The molecule has 1 saturated heterocycles. The highest BCUT2D eigenvalue weighted by Crippen LogP contribution is 2.43. The van der Waals surface area contributed by atoms with Crippen LogP contribution in [0.1, 0.15) is 303 Å². The van der Waals surface area contributed by atoms with Crippen LogP contribution in [-0.2, 0) is 133 Å². The van der Waals surface area contributed by atoms with Crippen LogP contribution in [-0.4, -0.2) is 310 Å². The van der Waals surface area contributed by atoms with Crippen LogP contribution in [0.5, 0.6) is 0 Å². The Balaban J connectivity index is 2.55. The molecule has 12 amide bonds. The number of hydrogen-bond donors (Lipinski definition) is 11. The van der Waals surface area contributed by atoms with Crippen molar-refractivity contribution in [3.05, 3.63) is 24.3 Å². The molecule has 1 aliphatic heterocycles. The minimum atomic E-state index is -4.79. The standard InChI is InChI=1S/C93H148N11O33P/c1-3-5-7-9-11-13-15-17-19-21-23-25-27-29-31-39-92(130)134-68-75(137-93(131)40-32-30-28-26-24-22-20-18-16-14-12-10-8-6-4-2)69-136-138(132,133)135-55-53-95-76(110)38-34-33-36-70(105)41-45-77(111)98-59-87(121)103(67-91(128)129)63-81(115)97-57-72(107)44-48-82(116)100(64-88(122)123)60-73(108)37-35-52-94-80(114)62-102(66-90(126)127)86(120)58-99-78(112)46-42-74(109)61-101(65-89(124)125)83(117)47-43-71(106)56-96-79(113)51-54-104-84(118)49-50-85(104)119/h17-20,75H,3-16,21-69H2,1-2H3,(H,94,114)(H,95,110)(H,96,113)(H,97,115)(H,98,111)(H,99,112)(H,122,123)(H,124,125)(H,126,127)(H,128,129)(H,132,133)/b19-17+,20-18+. The number of rotatable bonds is 88. The highest BCUT2D eigenvalue weighted by atomic mass is 31.2. The van der Waals surface area contributed by atoms with Gasteiger partial charge in [0, 0.05) is 122 Å². The molecule has 45 heteroatoms. The van der Waals surface area contributed by atoms with Gasteiger partial charge in [-0.3, -0.25) is 124 Å². The highest BCUT2D eigenvalue weighted by molar-refractivity contribution is 7.47. The summed E-state index contributed by atoms with van der Waals surface area (Å²) in [5.74, 6) is -20.5. The Morgan fingerprint density at radius 2 is 0.681 bits per heavy atom. The number of Topliss-reactive ketones (excluding diaryl/α,β-unsaturated/α-hetero) is 5. The second kappa shape index (κ2) is 77.5. The maximum absolute atomic E-state index is 13.1. The molecule has 1 heterocycles. The predicted octanol–water partition coefficient (Wildman–Crippen LogP) is 5.85. The number of likely N-dealkylation sites (tertiary alicyclic amines) is 1. The van der Waals surface area contributed by atoms with Crippen LogP contribution >= 0.6 is 7.82 Å². The summed E-state index contributed by atoms with van der Waals surface area (Å²) in [7, 11) is -4.79. The van der Waals surface area contributed by atoms with E-state index in [1.54, 1.807) is 0 Å². The van der Waals surface area contributed by atoms with Gasteiger partial charge in [-0.2, -0.15) is 0 Å².